The lowest BCUT2D eigenvalue weighted by Gasteiger charge is -2.27. The highest BCUT2D eigenvalue weighted by atomic mass is 79.9. The quantitative estimate of drug-likeness (QED) is 0.826. The number of rotatable bonds is 2. The third kappa shape index (κ3) is 2.73. The molecule has 1 N–H and O–H groups in total. The topological polar surface area (TPSA) is 12.0 Å². The van der Waals surface area contributed by atoms with Gasteiger partial charge in [0.25, 0.3) is 0 Å². The van der Waals surface area contributed by atoms with E-state index >= 15 is 0 Å². The molecule has 3 heteroatoms. The van der Waals surface area contributed by atoms with Crippen molar-refractivity contribution >= 4 is 21.6 Å². The van der Waals surface area contributed by atoms with Gasteiger partial charge in [-0.25, -0.2) is 4.39 Å². The van der Waals surface area contributed by atoms with E-state index in [2.05, 4.69) is 45.5 Å². The molecule has 0 aliphatic heterocycles. The van der Waals surface area contributed by atoms with Crippen LogP contribution in [0, 0.1) is 12.7 Å². The molecule has 0 saturated carbocycles. The Morgan fingerprint density at radius 1 is 1.20 bits per heavy atom. The van der Waals surface area contributed by atoms with Gasteiger partial charge in [0, 0.05) is 11.7 Å². The van der Waals surface area contributed by atoms with E-state index in [1.807, 2.05) is 13.0 Å². The largest absolute Gasteiger partial charge is 0.382 e. The number of aryl methyl sites for hydroxylation is 2. The van der Waals surface area contributed by atoms with Crippen LogP contribution in [0.4, 0.5) is 10.1 Å². The van der Waals surface area contributed by atoms with Crippen LogP contribution in [-0.4, -0.2) is 6.04 Å². The van der Waals surface area contributed by atoms with Crippen LogP contribution in [-0.2, 0) is 12.8 Å². The second-order valence-corrected chi connectivity index (χ2v) is 6.29. The van der Waals surface area contributed by atoms with Crippen LogP contribution in [0.15, 0.2) is 40.9 Å². The number of halogens is 2. The fourth-order valence-electron chi connectivity index (χ4n) is 2.84. The third-order valence-corrected chi connectivity index (χ3v) is 4.58. The first kappa shape index (κ1) is 13.6. The molecule has 0 saturated heterocycles. The SMILES string of the molecule is Cc1cc(Br)c(F)cc1NC1CCc2ccccc2C1. The molecule has 0 radical (unpaired) electrons. The normalized spacial score (nSPS) is 17.6. The minimum absolute atomic E-state index is 0.214. The summed E-state index contributed by atoms with van der Waals surface area (Å²) >= 11 is 3.22. The number of hydrogen-bond acceptors (Lipinski definition) is 1. The van der Waals surface area contributed by atoms with E-state index in [0.717, 1.165) is 30.5 Å². The van der Waals surface area contributed by atoms with Gasteiger partial charge in [-0.2, -0.15) is 0 Å². The molecule has 0 fully saturated rings. The average Bonchev–Trinajstić information content (AvgIpc) is 2.44. The van der Waals surface area contributed by atoms with Crippen molar-refractivity contribution in [1.82, 2.24) is 0 Å². The molecular weight excluding hydrogens is 317 g/mol. The van der Waals surface area contributed by atoms with E-state index in [4.69, 9.17) is 0 Å². The minimum atomic E-state index is -0.214. The Kier molecular flexibility index (Phi) is 3.79. The number of nitrogens with one attached hydrogen (secondary N) is 1. The molecule has 0 bridgehead atoms. The summed E-state index contributed by atoms with van der Waals surface area (Å²) in [6.45, 7) is 2.00. The summed E-state index contributed by atoms with van der Waals surface area (Å²) in [5.74, 6) is -0.214. The molecular formula is C17H17BrFN. The third-order valence-electron chi connectivity index (χ3n) is 3.97. The van der Waals surface area contributed by atoms with Crippen molar-refractivity contribution in [2.75, 3.05) is 5.32 Å². The van der Waals surface area contributed by atoms with Crippen molar-refractivity contribution in [3.63, 3.8) is 0 Å². The molecule has 1 nitrogen and oxygen atoms in total. The Labute approximate surface area is 127 Å². The van der Waals surface area contributed by atoms with Crippen LogP contribution < -0.4 is 5.32 Å². The van der Waals surface area contributed by atoms with E-state index in [1.165, 1.54) is 11.1 Å². The molecule has 0 amide bonds. The van der Waals surface area contributed by atoms with Crippen LogP contribution in [0.3, 0.4) is 0 Å². The molecule has 104 valence electrons. The average molecular weight is 334 g/mol. The first-order chi connectivity index (χ1) is 9.63. The zero-order valence-corrected chi connectivity index (χ0v) is 13.0. The second-order valence-electron chi connectivity index (χ2n) is 5.43. The van der Waals surface area contributed by atoms with Crippen LogP contribution in [0.1, 0.15) is 23.1 Å². The highest BCUT2D eigenvalue weighted by Crippen LogP contribution is 2.28. The van der Waals surface area contributed by atoms with Crippen molar-refractivity contribution in [2.45, 2.75) is 32.2 Å². The van der Waals surface area contributed by atoms with Gasteiger partial charge in [-0.1, -0.05) is 24.3 Å². The first-order valence-corrected chi connectivity index (χ1v) is 7.72. The maximum atomic E-state index is 13.7. The van der Waals surface area contributed by atoms with Crippen LogP contribution >= 0.6 is 15.9 Å². The summed E-state index contributed by atoms with van der Waals surface area (Å²) in [7, 11) is 0. The molecule has 1 aliphatic rings. The van der Waals surface area contributed by atoms with E-state index in [1.54, 1.807) is 6.07 Å². The van der Waals surface area contributed by atoms with Gasteiger partial charge in [-0.05, 0) is 70.9 Å². The van der Waals surface area contributed by atoms with E-state index in [9.17, 15) is 4.39 Å². The predicted molar refractivity (Wildman–Crippen MR) is 84.7 cm³/mol. The summed E-state index contributed by atoms with van der Waals surface area (Å²) in [6.07, 6.45) is 3.19. The standard InChI is InChI=1S/C17H17BrFN/c1-11-8-15(18)16(19)10-17(11)20-14-7-6-12-4-2-3-5-13(12)9-14/h2-5,8,10,14,20H,6-7,9H2,1H3. The first-order valence-electron chi connectivity index (χ1n) is 6.92. The van der Waals surface area contributed by atoms with Crippen LogP contribution in [0.5, 0.6) is 0 Å². The molecule has 2 aromatic carbocycles. The second kappa shape index (κ2) is 5.57. The number of hydrogen-bond donors (Lipinski definition) is 1. The molecule has 2 aromatic rings. The smallest absolute Gasteiger partial charge is 0.139 e. The van der Waals surface area contributed by atoms with Gasteiger partial charge in [-0.15, -0.1) is 0 Å². The number of fused-ring (bicyclic) bond motifs is 1. The Bertz CT molecular complexity index is 639. The van der Waals surface area contributed by atoms with E-state index < -0.39 is 0 Å². The fourth-order valence-corrected chi connectivity index (χ4v) is 3.30. The van der Waals surface area contributed by atoms with Gasteiger partial charge < -0.3 is 5.32 Å². The summed E-state index contributed by atoms with van der Waals surface area (Å²) < 4.78 is 14.2. The molecule has 20 heavy (non-hydrogen) atoms. The number of benzene rings is 2. The summed E-state index contributed by atoms with van der Waals surface area (Å²) in [6, 6.07) is 12.4. The van der Waals surface area contributed by atoms with Gasteiger partial charge in [-0.3, -0.25) is 0 Å². The van der Waals surface area contributed by atoms with Crippen molar-refractivity contribution in [1.29, 1.82) is 0 Å². The molecule has 0 aromatic heterocycles. The molecule has 1 unspecified atom stereocenters. The monoisotopic (exact) mass is 333 g/mol. The lowest BCUT2D eigenvalue weighted by molar-refractivity contribution is 0.604. The van der Waals surface area contributed by atoms with E-state index in [-0.39, 0.29) is 5.82 Å². The Hall–Kier alpha value is -1.35. The summed E-state index contributed by atoms with van der Waals surface area (Å²) in [5.41, 5.74) is 4.82. The van der Waals surface area contributed by atoms with Crippen LogP contribution in [0.2, 0.25) is 0 Å². The molecule has 0 heterocycles. The van der Waals surface area contributed by atoms with Crippen molar-refractivity contribution < 1.29 is 4.39 Å². The lowest BCUT2D eigenvalue weighted by Crippen LogP contribution is -2.27. The molecule has 1 aliphatic carbocycles. The maximum Gasteiger partial charge on any atom is 0.139 e. The highest BCUT2D eigenvalue weighted by Gasteiger charge is 2.18. The molecule has 3 rings (SSSR count). The Morgan fingerprint density at radius 3 is 2.75 bits per heavy atom. The van der Waals surface area contributed by atoms with Gasteiger partial charge >= 0.3 is 0 Å². The van der Waals surface area contributed by atoms with Gasteiger partial charge in [0.15, 0.2) is 0 Å². The minimum Gasteiger partial charge on any atom is -0.382 e. The summed E-state index contributed by atoms with van der Waals surface area (Å²) in [5, 5.41) is 3.50. The Balaban J connectivity index is 1.78. The number of anilines is 1. The van der Waals surface area contributed by atoms with Crippen LogP contribution in [0.25, 0.3) is 0 Å². The molecule has 0 spiro atoms. The lowest BCUT2D eigenvalue weighted by atomic mass is 9.88. The fraction of sp³-hybridized carbons (Fsp3) is 0.294. The Morgan fingerprint density at radius 2 is 1.95 bits per heavy atom. The van der Waals surface area contributed by atoms with Crippen molar-refractivity contribution in [3.05, 3.63) is 63.4 Å². The zero-order chi connectivity index (χ0) is 14.1. The molecule has 1 atom stereocenters. The zero-order valence-electron chi connectivity index (χ0n) is 11.4. The van der Waals surface area contributed by atoms with Gasteiger partial charge in [0.1, 0.15) is 5.82 Å². The van der Waals surface area contributed by atoms with E-state index in [0.29, 0.717) is 10.5 Å². The predicted octanol–water partition coefficient (Wildman–Crippen LogP) is 4.87. The highest BCUT2D eigenvalue weighted by molar-refractivity contribution is 9.10. The van der Waals surface area contributed by atoms with Crippen molar-refractivity contribution in [2.24, 2.45) is 0 Å². The maximum absolute atomic E-state index is 13.7. The van der Waals surface area contributed by atoms with Crippen molar-refractivity contribution in [3.8, 4) is 0 Å². The van der Waals surface area contributed by atoms with Gasteiger partial charge in [0.2, 0.25) is 0 Å². The van der Waals surface area contributed by atoms with Gasteiger partial charge in [0.05, 0.1) is 4.47 Å². The summed E-state index contributed by atoms with van der Waals surface area (Å²) in [4.78, 5) is 0.